The predicted octanol–water partition coefficient (Wildman–Crippen LogP) is 5.12. The van der Waals surface area contributed by atoms with Gasteiger partial charge >= 0.3 is 0 Å². The SMILES string of the molecule is CCCCC(=C1CCCCC1)C(NN)=C1CCCCC1. The van der Waals surface area contributed by atoms with E-state index in [1.165, 1.54) is 89.2 Å². The van der Waals surface area contributed by atoms with E-state index in [-0.39, 0.29) is 0 Å². The molecule has 0 saturated heterocycles. The fourth-order valence-corrected chi connectivity index (χ4v) is 3.74. The number of allylic oxidation sites excluding steroid dienone is 3. The fourth-order valence-electron chi connectivity index (χ4n) is 3.74. The zero-order valence-electron chi connectivity index (χ0n) is 13.3. The Morgan fingerprint density at radius 2 is 1.45 bits per heavy atom. The van der Waals surface area contributed by atoms with Gasteiger partial charge in [0.25, 0.3) is 0 Å². The van der Waals surface area contributed by atoms with Crippen molar-refractivity contribution in [3.63, 3.8) is 0 Å². The molecule has 20 heavy (non-hydrogen) atoms. The van der Waals surface area contributed by atoms with Crippen molar-refractivity contribution >= 4 is 0 Å². The van der Waals surface area contributed by atoms with Gasteiger partial charge in [-0.2, -0.15) is 0 Å². The van der Waals surface area contributed by atoms with Crippen LogP contribution in [-0.2, 0) is 0 Å². The normalized spacial score (nSPS) is 19.9. The Balaban J connectivity index is 2.27. The molecule has 2 aliphatic rings. The molecule has 2 saturated carbocycles. The Bertz CT molecular complexity index is 350. The summed E-state index contributed by atoms with van der Waals surface area (Å²) in [6.07, 6.45) is 17.1. The van der Waals surface area contributed by atoms with Crippen molar-refractivity contribution in [1.82, 2.24) is 5.43 Å². The molecular weight excluding hydrogens is 244 g/mol. The van der Waals surface area contributed by atoms with Crippen LogP contribution in [-0.4, -0.2) is 0 Å². The van der Waals surface area contributed by atoms with Crippen LogP contribution in [0.5, 0.6) is 0 Å². The molecular formula is C18H32N2. The smallest absolute Gasteiger partial charge is 0.0508 e. The molecule has 0 atom stereocenters. The molecule has 0 bridgehead atoms. The summed E-state index contributed by atoms with van der Waals surface area (Å²) < 4.78 is 0. The Morgan fingerprint density at radius 3 is 1.95 bits per heavy atom. The van der Waals surface area contributed by atoms with Gasteiger partial charge in [-0.05, 0) is 75.4 Å². The highest BCUT2D eigenvalue weighted by Crippen LogP contribution is 2.35. The van der Waals surface area contributed by atoms with Crippen molar-refractivity contribution < 1.29 is 0 Å². The standard InChI is InChI=1S/C18H32N2/c1-2-3-14-17(15-10-6-4-7-11-15)18(20-19)16-12-8-5-9-13-16/h20H,2-14,19H2,1H3. The first-order valence-electron chi connectivity index (χ1n) is 8.76. The van der Waals surface area contributed by atoms with Crippen molar-refractivity contribution in [2.75, 3.05) is 0 Å². The van der Waals surface area contributed by atoms with E-state index in [0.29, 0.717) is 0 Å². The first kappa shape index (κ1) is 15.6. The maximum Gasteiger partial charge on any atom is 0.0508 e. The van der Waals surface area contributed by atoms with Gasteiger partial charge < -0.3 is 5.43 Å². The Morgan fingerprint density at radius 1 is 0.900 bits per heavy atom. The van der Waals surface area contributed by atoms with Gasteiger partial charge in [0.15, 0.2) is 0 Å². The average Bonchev–Trinajstić information content (AvgIpc) is 2.53. The lowest BCUT2D eigenvalue weighted by molar-refractivity contribution is 0.571. The van der Waals surface area contributed by atoms with Gasteiger partial charge in [-0.15, -0.1) is 0 Å². The monoisotopic (exact) mass is 276 g/mol. The number of unbranched alkanes of at least 4 members (excludes halogenated alkanes) is 1. The maximum absolute atomic E-state index is 5.94. The van der Waals surface area contributed by atoms with Gasteiger partial charge in [0.2, 0.25) is 0 Å². The van der Waals surface area contributed by atoms with E-state index in [1.54, 1.807) is 16.7 Å². The molecule has 2 nitrogen and oxygen atoms in total. The summed E-state index contributed by atoms with van der Waals surface area (Å²) in [6, 6.07) is 0. The van der Waals surface area contributed by atoms with E-state index in [4.69, 9.17) is 5.84 Å². The third-order valence-electron chi connectivity index (χ3n) is 4.92. The Hall–Kier alpha value is -0.760. The van der Waals surface area contributed by atoms with Crippen LogP contribution in [0, 0.1) is 0 Å². The highest BCUT2D eigenvalue weighted by Gasteiger charge is 2.18. The molecule has 2 heteroatoms. The van der Waals surface area contributed by atoms with Crippen LogP contribution in [0.25, 0.3) is 0 Å². The lowest BCUT2D eigenvalue weighted by Crippen LogP contribution is -2.26. The molecule has 0 aromatic heterocycles. The molecule has 114 valence electrons. The molecule has 2 rings (SSSR count). The van der Waals surface area contributed by atoms with Crippen LogP contribution in [0.4, 0.5) is 0 Å². The molecule has 0 radical (unpaired) electrons. The summed E-state index contributed by atoms with van der Waals surface area (Å²) >= 11 is 0. The predicted molar refractivity (Wildman–Crippen MR) is 87.1 cm³/mol. The van der Waals surface area contributed by atoms with Gasteiger partial charge in [0.1, 0.15) is 0 Å². The largest absolute Gasteiger partial charge is 0.324 e. The van der Waals surface area contributed by atoms with Crippen molar-refractivity contribution in [2.24, 2.45) is 5.84 Å². The number of hydrogen-bond acceptors (Lipinski definition) is 2. The van der Waals surface area contributed by atoms with Crippen molar-refractivity contribution in [3.8, 4) is 0 Å². The van der Waals surface area contributed by atoms with Crippen molar-refractivity contribution in [2.45, 2.75) is 90.4 Å². The maximum atomic E-state index is 5.94. The Kier molecular flexibility index (Phi) is 6.65. The van der Waals surface area contributed by atoms with E-state index in [1.807, 2.05) is 0 Å². The van der Waals surface area contributed by atoms with Crippen LogP contribution in [0.15, 0.2) is 22.4 Å². The number of hydrogen-bond donors (Lipinski definition) is 2. The second kappa shape index (κ2) is 8.51. The summed E-state index contributed by atoms with van der Waals surface area (Å²) in [5, 5.41) is 0. The van der Waals surface area contributed by atoms with Crippen LogP contribution in [0.2, 0.25) is 0 Å². The molecule has 2 fully saturated rings. The van der Waals surface area contributed by atoms with Crippen LogP contribution in [0.3, 0.4) is 0 Å². The lowest BCUT2D eigenvalue weighted by atomic mass is 9.84. The summed E-state index contributed by atoms with van der Waals surface area (Å²) in [5.41, 5.74) is 9.32. The van der Waals surface area contributed by atoms with Gasteiger partial charge in [-0.3, -0.25) is 5.84 Å². The van der Waals surface area contributed by atoms with Crippen molar-refractivity contribution in [1.29, 1.82) is 0 Å². The van der Waals surface area contributed by atoms with Gasteiger partial charge in [-0.25, -0.2) is 0 Å². The van der Waals surface area contributed by atoms with Crippen LogP contribution in [0.1, 0.15) is 90.4 Å². The van der Waals surface area contributed by atoms with Crippen LogP contribution >= 0.6 is 0 Å². The van der Waals surface area contributed by atoms with E-state index in [9.17, 15) is 0 Å². The minimum absolute atomic E-state index is 1.22. The molecule has 0 unspecified atom stereocenters. The van der Waals surface area contributed by atoms with E-state index in [0.717, 1.165) is 0 Å². The molecule has 0 amide bonds. The first-order valence-corrected chi connectivity index (χ1v) is 8.76. The molecule has 0 spiro atoms. The van der Waals surface area contributed by atoms with Gasteiger partial charge in [0.05, 0.1) is 5.70 Å². The molecule has 0 aromatic rings. The number of hydrazine groups is 1. The van der Waals surface area contributed by atoms with Crippen LogP contribution < -0.4 is 11.3 Å². The zero-order chi connectivity index (χ0) is 14.2. The molecule has 2 aliphatic carbocycles. The topological polar surface area (TPSA) is 38.0 Å². The lowest BCUT2D eigenvalue weighted by Gasteiger charge is -2.25. The fraction of sp³-hybridized carbons (Fsp3) is 0.778. The zero-order valence-corrected chi connectivity index (χ0v) is 13.3. The quantitative estimate of drug-likeness (QED) is 0.540. The summed E-state index contributed by atoms with van der Waals surface area (Å²) in [7, 11) is 0. The van der Waals surface area contributed by atoms with E-state index in [2.05, 4.69) is 12.3 Å². The summed E-state index contributed by atoms with van der Waals surface area (Å²) in [4.78, 5) is 0. The molecule has 0 heterocycles. The van der Waals surface area contributed by atoms with Crippen molar-refractivity contribution in [3.05, 3.63) is 22.4 Å². The first-order chi connectivity index (χ1) is 9.86. The average molecular weight is 276 g/mol. The Labute approximate surface area is 124 Å². The van der Waals surface area contributed by atoms with Gasteiger partial charge in [0, 0.05) is 0 Å². The van der Waals surface area contributed by atoms with E-state index >= 15 is 0 Å². The number of rotatable bonds is 5. The minimum Gasteiger partial charge on any atom is -0.324 e. The second-order valence-electron chi connectivity index (χ2n) is 6.43. The summed E-state index contributed by atoms with van der Waals surface area (Å²) in [5.74, 6) is 5.94. The molecule has 0 aromatic carbocycles. The third kappa shape index (κ3) is 4.12. The second-order valence-corrected chi connectivity index (χ2v) is 6.43. The highest BCUT2D eigenvalue weighted by molar-refractivity contribution is 5.38. The summed E-state index contributed by atoms with van der Waals surface area (Å²) in [6.45, 7) is 2.28. The minimum atomic E-state index is 1.22. The number of nitrogens with two attached hydrogens (primary N) is 1. The van der Waals surface area contributed by atoms with Gasteiger partial charge in [-0.1, -0.05) is 31.8 Å². The van der Waals surface area contributed by atoms with E-state index < -0.39 is 0 Å². The highest BCUT2D eigenvalue weighted by atomic mass is 15.2. The molecule has 3 N–H and O–H groups in total. The number of nitrogens with one attached hydrogen (secondary N) is 1. The third-order valence-corrected chi connectivity index (χ3v) is 4.92. The molecule has 0 aliphatic heterocycles.